The van der Waals surface area contributed by atoms with E-state index in [1.807, 2.05) is 30.3 Å². The number of hydrogen-bond acceptors (Lipinski definition) is 5. The van der Waals surface area contributed by atoms with Crippen LogP contribution in [0.2, 0.25) is 0 Å². The molecule has 8 heteroatoms. The van der Waals surface area contributed by atoms with E-state index in [4.69, 9.17) is 0 Å². The van der Waals surface area contributed by atoms with E-state index in [1.54, 1.807) is 13.8 Å². The number of piperidine rings is 1. The van der Waals surface area contributed by atoms with Crippen molar-refractivity contribution < 1.29 is 24.0 Å². The average Bonchev–Trinajstić information content (AvgIpc) is 2.68. The van der Waals surface area contributed by atoms with Crippen molar-refractivity contribution in [1.29, 1.82) is 0 Å². The summed E-state index contributed by atoms with van der Waals surface area (Å²) in [6.07, 6.45) is 0.742. The number of aryl methyl sites for hydroxylation is 1. The second kappa shape index (κ2) is 9.77. The van der Waals surface area contributed by atoms with Crippen molar-refractivity contribution in [2.75, 3.05) is 6.54 Å². The van der Waals surface area contributed by atoms with Gasteiger partial charge in [-0.05, 0) is 24.3 Å². The fourth-order valence-corrected chi connectivity index (χ4v) is 2.88. The van der Waals surface area contributed by atoms with E-state index < -0.39 is 41.4 Å². The first-order chi connectivity index (χ1) is 13.3. The fraction of sp³-hybridized carbons (Fsp3) is 0.450. The molecule has 2 atom stereocenters. The first kappa shape index (κ1) is 21.3. The quantitative estimate of drug-likeness (QED) is 0.538. The number of Topliss-reactive ketones (excluding diaryl/α,β-unsaturated/α-hetero) is 2. The molecule has 0 bridgehead atoms. The molecular formula is C20H25N3O5. The first-order valence-electron chi connectivity index (χ1n) is 9.29. The average molecular weight is 387 g/mol. The Kier molecular flexibility index (Phi) is 7.43. The van der Waals surface area contributed by atoms with E-state index in [0.29, 0.717) is 6.42 Å². The summed E-state index contributed by atoms with van der Waals surface area (Å²) in [5.41, 5.74) is 0.941. The molecule has 1 aliphatic heterocycles. The van der Waals surface area contributed by atoms with Crippen LogP contribution in [0.3, 0.4) is 0 Å². The van der Waals surface area contributed by atoms with Crippen molar-refractivity contribution in [2.24, 2.45) is 5.92 Å². The Labute approximate surface area is 163 Å². The summed E-state index contributed by atoms with van der Waals surface area (Å²) in [4.78, 5) is 60.1. The molecule has 1 aromatic carbocycles. The maximum Gasteiger partial charge on any atom is 0.289 e. The van der Waals surface area contributed by atoms with Gasteiger partial charge in [-0.25, -0.2) is 0 Å². The van der Waals surface area contributed by atoms with Gasteiger partial charge >= 0.3 is 0 Å². The van der Waals surface area contributed by atoms with Gasteiger partial charge in [-0.1, -0.05) is 44.2 Å². The van der Waals surface area contributed by atoms with Crippen LogP contribution in [0.25, 0.3) is 0 Å². The number of nitrogens with one attached hydrogen (secondary N) is 3. The first-order valence-corrected chi connectivity index (χ1v) is 9.29. The highest BCUT2D eigenvalue weighted by molar-refractivity contribution is 6.39. The number of benzene rings is 1. The smallest absolute Gasteiger partial charge is 0.289 e. The van der Waals surface area contributed by atoms with Gasteiger partial charge in [-0.2, -0.15) is 0 Å². The van der Waals surface area contributed by atoms with Gasteiger partial charge < -0.3 is 16.0 Å². The Morgan fingerprint density at radius 1 is 1.14 bits per heavy atom. The molecule has 0 aromatic heterocycles. The molecular weight excluding hydrogens is 362 g/mol. The van der Waals surface area contributed by atoms with E-state index in [9.17, 15) is 24.0 Å². The minimum atomic E-state index is -0.981. The van der Waals surface area contributed by atoms with Gasteiger partial charge in [-0.3, -0.25) is 24.0 Å². The highest BCUT2D eigenvalue weighted by Crippen LogP contribution is 2.07. The summed E-state index contributed by atoms with van der Waals surface area (Å²) in [5.74, 6) is -3.80. The Morgan fingerprint density at radius 3 is 2.46 bits per heavy atom. The maximum absolute atomic E-state index is 12.5. The molecule has 0 aliphatic carbocycles. The summed E-state index contributed by atoms with van der Waals surface area (Å²) in [6.45, 7) is 3.72. The number of ketones is 2. The number of carbonyl (C=O) groups excluding carboxylic acids is 5. The third kappa shape index (κ3) is 5.73. The van der Waals surface area contributed by atoms with Crippen LogP contribution in [0.5, 0.6) is 0 Å². The fourth-order valence-electron chi connectivity index (χ4n) is 2.88. The van der Waals surface area contributed by atoms with Gasteiger partial charge in [0.15, 0.2) is 0 Å². The molecule has 0 radical (unpaired) electrons. The largest absolute Gasteiger partial charge is 0.349 e. The predicted octanol–water partition coefficient (Wildman–Crippen LogP) is -0.0971. The Balaban J connectivity index is 1.92. The minimum Gasteiger partial charge on any atom is -0.349 e. The van der Waals surface area contributed by atoms with Crippen LogP contribution in [0.1, 0.15) is 32.3 Å². The van der Waals surface area contributed by atoms with Crippen molar-refractivity contribution in [1.82, 2.24) is 16.0 Å². The molecule has 150 valence electrons. The lowest BCUT2D eigenvalue weighted by molar-refractivity contribution is -0.142. The zero-order valence-electron chi connectivity index (χ0n) is 16.0. The number of amides is 3. The van der Waals surface area contributed by atoms with E-state index in [-0.39, 0.29) is 25.3 Å². The molecule has 0 spiro atoms. The van der Waals surface area contributed by atoms with Gasteiger partial charge in [0.05, 0.1) is 6.04 Å². The van der Waals surface area contributed by atoms with Crippen molar-refractivity contribution in [3.05, 3.63) is 35.9 Å². The summed E-state index contributed by atoms with van der Waals surface area (Å²) in [5, 5.41) is 7.37. The van der Waals surface area contributed by atoms with Crippen LogP contribution in [-0.2, 0) is 30.4 Å². The standard InChI is InChI=1S/C20H25N3O5/c1-12(2)16(19(27)22-14-10-11-21-20(28)17(14)25)23-18(26)15(24)9-8-13-6-4-3-5-7-13/h3-7,12,14,16H,8-11H2,1-2H3,(H,21,28)(H,22,27)(H,23,26). The molecule has 3 N–H and O–H groups in total. The normalized spacial score (nSPS) is 17.6. The molecule has 2 rings (SSSR count). The third-order valence-electron chi connectivity index (χ3n) is 4.55. The Bertz CT molecular complexity index is 760. The summed E-state index contributed by atoms with van der Waals surface area (Å²) < 4.78 is 0. The number of rotatable bonds is 8. The zero-order valence-corrected chi connectivity index (χ0v) is 16.0. The van der Waals surface area contributed by atoms with E-state index in [0.717, 1.165) is 5.56 Å². The van der Waals surface area contributed by atoms with Gasteiger partial charge in [0.25, 0.3) is 11.8 Å². The minimum absolute atomic E-state index is 0.0313. The molecule has 1 aromatic rings. The van der Waals surface area contributed by atoms with Crippen LogP contribution in [0.15, 0.2) is 30.3 Å². The Morgan fingerprint density at radius 2 is 1.82 bits per heavy atom. The Hall–Kier alpha value is -3.03. The van der Waals surface area contributed by atoms with Crippen LogP contribution < -0.4 is 16.0 Å². The molecule has 1 fully saturated rings. The van der Waals surface area contributed by atoms with Gasteiger partial charge in [0.1, 0.15) is 6.04 Å². The monoisotopic (exact) mass is 387 g/mol. The van der Waals surface area contributed by atoms with Crippen LogP contribution in [-0.4, -0.2) is 47.9 Å². The lowest BCUT2D eigenvalue weighted by Gasteiger charge is -2.26. The van der Waals surface area contributed by atoms with Crippen molar-refractivity contribution >= 4 is 29.3 Å². The third-order valence-corrected chi connectivity index (χ3v) is 4.55. The molecule has 1 saturated heterocycles. The molecule has 28 heavy (non-hydrogen) atoms. The van der Waals surface area contributed by atoms with Crippen LogP contribution in [0, 0.1) is 5.92 Å². The number of carbonyl (C=O) groups is 5. The van der Waals surface area contributed by atoms with Gasteiger partial charge in [0, 0.05) is 13.0 Å². The van der Waals surface area contributed by atoms with E-state index >= 15 is 0 Å². The number of hydrogen-bond donors (Lipinski definition) is 3. The van der Waals surface area contributed by atoms with Gasteiger partial charge in [-0.15, -0.1) is 0 Å². The highest BCUT2D eigenvalue weighted by Gasteiger charge is 2.34. The molecule has 8 nitrogen and oxygen atoms in total. The summed E-state index contributed by atoms with van der Waals surface area (Å²) >= 11 is 0. The van der Waals surface area contributed by atoms with Crippen LogP contribution in [0.4, 0.5) is 0 Å². The summed E-state index contributed by atoms with van der Waals surface area (Å²) in [7, 11) is 0. The molecule has 3 amide bonds. The summed E-state index contributed by atoms with van der Waals surface area (Å²) in [6, 6.07) is 7.40. The van der Waals surface area contributed by atoms with E-state index in [1.165, 1.54) is 0 Å². The van der Waals surface area contributed by atoms with Crippen molar-refractivity contribution in [3.8, 4) is 0 Å². The van der Waals surface area contributed by atoms with Gasteiger partial charge in [0.2, 0.25) is 17.5 Å². The lowest BCUT2D eigenvalue weighted by Crippen LogP contribution is -2.58. The van der Waals surface area contributed by atoms with Crippen molar-refractivity contribution in [2.45, 2.75) is 45.2 Å². The SMILES string of the molecule is CC(C)C(NC(=O)C(=O)CCc1ccccc1)C(=O)NC1CCNC(=O)C1=O. The highest BCUT2D eigenvalue weighted by atomic mass is 16.2. The second-order valence-electron chi connectivity index (χ2n) is 7.07. The second-order valence-corrected chi connectivity index (χ2v) is 7.07. The van der Waals surface area contributed by atoms with E-state index in [2.05, 4.69) is 16.0 Å². The topological polar surface area (TPSA) is 121 Å². The maximum atomic E-state index is 12.5. The molecule has 1 aliphatic rings. The van der Waals surface area contributed by atoms with Crippen molar-refractivity contribution in [3.63, 3.8) is 0 Å². The molecule has 1 heterocycles. The lowest BCUT2D eigenvalue weighted by atomic mass is 9.99. The zero-order chi connectivity index (χ0) is 20.7. The molecule has 2 unspecified atom stereocenters. The predicted molar refractivity (Wildman–Crippen MR) is 101 cm³/mol. The van der Waals surface area contributed by atoms with Crippen LogP contribution >= 0.6 is 0 Å². The molecule has 0 saturated carbocycles.